The number of fused-ring (bicyclic) bond motifs is 1. The Morgan fingerprint density at radius 3 is 2.74 bits per heavy atom. The summed E-state index contributed by atoms with van der Waals surface area (Å²) < 4.78 is 0.935. The summed E-state index contributed by atoms with van der Waals surface area (Å²) in [6, 6.07) is 6.23. The third-order valence-electron chi connectivity index (χ3n) is 4.13. The SMILES string of the molecule is CC[C@H](N)C(=O)N[C@@H](CCCNC(N)=NC)C(=O)c1nc2ccccc2s1. The number of nitrogens with two attached hydrogens (primary N) is 2. The highest BCUT2D eigenvalue weighted by molar-refractivity contribution is 7.20. The van der Waals surface area contributed by atoms with E-state index in [9.17, 15) is 9.59 Å². The molecule has 0 saturated carbocycles. The molecule has 0 saturated heterocycles. The second kappa shape index (κ2) is 9.98. The lowest BCUT2D eigenvalue weighted by atomic mass is 10.1. The molecular weight excluding hydrogens is 364 g/mol. The van der Waals surface area contributed by atoms with Crippen LogP contribution >= 0.6 is 11.3 Å². The summed E-state index contributed by atoms with van der Waals surface area (Å²) >= 11 is 1.32. The Balaban J connectivity index is 2.11. The van der Waals surface area contributed by atoms with Gasteiger partial charge in [-0.2, -0.15) is 0 Å². The Kier molecular flexibility index (Phi) is 7.68. The number of guanidine groups is 1. The number of benzene rings is 1. The molecule has 0 aliphatic heterocycles. The Morgan fingerprint density at radius 2 is 2.07 bits per heavy atom. The molecule has 27 heavy (non-hydrogen) atoms. The molecule has 2 atom stereocenters. The number of aromatic nitrogens is 1. The van der Waals surface area contributed by atoms with Crippen molar-refractivity contribution in [3.8, 4) is 0 Å². The summed E-state index contributed by atoms with van der Waals surface area (Å²) in [4.78, 5) is 33.4. The first kappa shape index (κ1) is 20.8. The van der Waals surface area contributed by atoms with Crippen LogP contribution < -0.4 is 22.1 Å². The average molecular weight is 391 g/mol. The quantitative estimate of drug-likeness (QED) is 0.218. The molecule has 0 radical (unpaired) electrons. The van der Waals surface area contributed by atoms with Crippen LogP contribution in [0.25, 0.3) is 10.2 Å². The summed E-state index contributed by atoms with van der Waals surface area (Å²) in [6.07, 6.45) is 1.57. The predicted molar refractivity (Wildman–Crippen MR) is 109 cm³/mol. The number of hydrogen-bond donors (Lipinski definition) is 4. The van der Waals surface area contributed by atoms with Crippen LogP contribution in [0.2, 0.25) is 0 Å². The van der Waals surface area contributed by atoms with Gasteiger partial charge in [0.15, 0.2) is 11.0 Å². The van der Waals surface area contributed by atoms with Crippen molar-refractivity contribution >= 4 is 39.2 Å². The minimum absolute atomic E-state index is 0.204. The number of amides is 1. The molecule has 146 valence electrons. The van der Waals surface area contributed by atoms with Gasteiger partial charge in [-0.1, -0.05) is 19.1 Å². The van der Waals surface area contributed by atoms with Gasteiger partial charge in [0.1, 0.15) is 0 Å². The molecular formula is C18H26N6O2S. The van der Waals surface area contributed by atoms with E-state index in [4.69, 9.17) is 11.5 Å². The zero-order chi connectivity index (χ0) is 19.8. The van der Waals surface area contributed by atoms with Crippen LogP contribution in [0, 0.1) is 0 Å². The molecule has 0 aliphatic rings. The van der Waals surface area contributed by atoms with E-state index in [2.05, 4.69) is 20.6 Å². The summed E-state index contributed by atoms with van der Waals surface area (Å²) in [5.41, 5.74) is 12.2. The van der Waals surface area contributed by atoms with Gasteiger partial charge in [0.2, 0.25) is 11.7 Å². The first-order valence-electron chi connectivity index (χ1n) is 8.88. The minimum atomic E-state index is -0.683. The van der Waals surface area contributed by atoms with Gasteiger partial charge in [-0.25, -0.2) is 4.98 Å². The number of ketones is 1. The molecule has 0 spiro atoms. The van der Waals surface area contributed by atoms with Gasteiger partial charge in [-0.3, -0.25) is 14.6 Å². The topological polar surface area (TPSA) is 135 Å². The number of nitrogens with zero attached hydrogens (tertiary/aromatic N) is 2. The second-order valence-corrected chi connectivity index (χ2v) is 7.14. The van der Waals surface area contributed by atoms with Crippen molar-refractivity contribution in [2.75, 3.05) is 13.6 Å². The molecule has 0 aliphatic carbocycles. The fourth-order valence-electron chi connectivity index (χ4n) is 2.46. The zero-order valence-corrected chi connectivity index (χ0v) is 16.4. The maximum Gasteiger partial charge on any atom is 0.237 e. The van der Waals surface area contributed by atoms with E-state index in [-0.39, 0.29) is 11.7 Å². The van der Waals surface area contributed by atoms with Crippen LogP contribution in [0.3, 0.4) is 0 Å². The average Bonchev–Trinajstić information content (AvgIpc) is 3.12. The lowest BCUT2D eigenvalue weighted by molar-refractivity contribution is -0.122. The number of rotatable bonds is 9. The van der Waals surface area contributed by atoms with Gasteiger partial charge >= 0.3 is 0 Å². The van der Waals surface area contributed by atoms with Gasteiger partial charge in [0.05, 0.1) is 22.3 Å². The first-order valence-corrected chi connectivity index (χ1v) is 9.69. The number of Topliss-reactive ketones (excluding diaryl/α,β-unsaturated/α-hetero) is 1. The highest BCUT2D eigenvalue weighted by Gasteiger charge is 2.26. The standard InChI is InChI=1S/C18H26N6O2S/c1-3-11(19)16(26)23-13(8-6-10-22-18(20)21-2)15(25)17-24-12-7-4-5-9-14(12)27-17/h4-5,7,9,11,13H,3,6,8,10,19H2,1-2H3,(H,23,26)(H3,20,21,22)/t11-,13-/m0/s1. The third-order valence-corrected chi connectivity index (χ3v) is 5.18. The minimum Gasteiger partial charge on any atom is -0.370 e. The van der Waals surface area contributed by atoms with Crippen LogP contribution in [0.1, 0.15) is 36.0 Å². The molecule has 0 fully saturated rings. The maximum absolute atomic E-state index is 13.0. The molecule has 8 nitrogen and oxygen atoms in total. The highest BCUT2D eigenvalue weighted by Crippen LogP contribution is 2.23. The van der Waals surface area contributed by atoms with E-state index < -0.39 is 12.1 Å². The molecule has 9 heteroatoms. The second-order valence-electron chi connectivity index (χ2n) is 6.10. The monoisotopic (exact) mass is 390 g/mol. The Bertz CT molecular complexity index is 786. The summed E-state index contributed by atoms with van der Waals surface area (Å²) in [5, 5.41) is 6.10. The van der Waals surface area contributed by atoms with E-state index in [1.54, 1.807) is 7.05 Å². The Labute approximate surface area is 162 Å². The lowest BCUT2D eigenvalue weighted by Gasteiger charge is -2.19. The molecule has 0 bridgehead atoms. The van der Waals surface area contributed by atoms with E-state index >= 15 is 0 Å². The molecule has 6 N–H and O–H groups in total. The molecule has 2 aromatic rings. The highest BCUT2D eigenvalue weighted by atomic mass is 32.1. The summed E-state index contributed by atoms with van der Waals surface area (Å²) in [5.74, 6) is -0.203. The maximum atomic E-state index is 13.0. The van der Waals surface area contributed by atoms with Crippen molar-refractivity contribution in [2.24, 2.45) is 16.5 Å². The summed E-state index contributed by atoms with van der Waals surface area (Å²) in [7, 11) is 1.59. The normalized spacial score (nSPS) is 14.0. The smallest absolute Gasteiger partial charge is 0.237 e. The number of thiazole rings is 1. The largest absolute Gasteiger partial charge is 0.370 e. The molecule has 0 unspecified atom stereocenters. The van der Waals surface area contributed by atoms with Crippen molar-refractivity contribution in [3.05, 3.63) is 29.3 Å². The zero-order valence-electron chi connectivity index (χ0n) is 15.6. The number of para-hydroxylation sites is 1. The van der Waals surface area contributed by atoms with Crippen molar-refractivity contribution in [2.45, 2.75) is 38.3 Å². The fraction of sp³-hybridized carbons (Fsp3) is 0.444. The van der Waals surface area contributed by atoms with Crippen molar-refractivity contribution < 1.29 is 9.59 Å². The van der Waals surface area contributed by atoms with Crippen LogP contribution in [0.5, 0.6) is 0 Å². The van der Waals surface area contributed by atoms with Crippen LogP contribution in [-0.2, 0) is 4.79 Å². The predicted octanol–water partition coefficient (Wildman–Crippen LogP) is 1.02. The van der Waals surface area contributed by atoms with Gasteiger partial charge in [-0.05, 0) is 31.4 Å². The van der Waals surface area contributed by atoms with Crippen molar-refractivity contribution in [1.82, 2.24) is 15.6 Å². The number of nitrogens with one attached hydrogen (secondary N) is 2. The van der Waals surface area contributed by atoms with Crippen LogP contribution in [-0.4, -0.2) is 48.3 Å². The molecule has 1 aromatic carbocycles. The van der Waals surface area contributed by atoms with Gasteiger partial charge < -0.3 is 22.1 Å². The van der Waals surface area contributed by atoms with E-state index in [1.165, 1.54) is 11.3 Å². The molecule has 2 rings (SSSR count). The fourth-order valence-corrected chi connectivity index (χ4v) is 3.42. The summed E-state index contributed by atoms with van der Waals surface area (Å²) in [6.45, 7) is 2.37. The van der Waals surface area contributed by atoms with Gasteiger partial charge in [0.25, 0.3) is 0 Å². The number of hydrogen-bond acceptors (Lipinski definition) is 6. The number of carbonyl (C=O) groups excluding carboxylic acids is 2. The van der Waals surface area contributed by atoms with Crippen LogP contribution in [0.4, 0.5) is 0 Å². The lowest BCUT2D eigenvalue weighted by Crippen LogP contribution is -2.48. The van der Waals surface area contributed by atoms with Crippen molar-refractivity contribution in [1.29, 1.82) is 0 Å². The molecule has 1 amide bonds. The van der Waals surface area contributed by atoms with E-state index in [0.717, 1.165) is 10.2 Å². The molecule has 1 heterocycles. The number of carbonyl (C=O) groups is 2. The first-order chi connectivity index (χ1) is 13.0. The van der Waals surface area contributed by atoms with Crippen LogP contribution in [0.15, 0.2) is 29.3 Å². The Hall–Kier alpha value is -2.52. The van der Waals surface area contributed by atoms with Gasteiger partial charge in [-0.15, -0.1) is 11.3 Å². The molecule has 1 aromatic heterocycles. The van der Waals surface area contributed by atoms with E-state index in [0.29, 0.717) is 36.8 Å². The van der Waals surface area contributed by atoms with Crippen molar-refractivity contribution in [3.63, 3.8) is 0 Å². The number of aliphatic imine (C=N–C) groups is 1. The third kappa shape index (κ3) is 5.73. The van der Waals surface area contributed by atoms with Gasteiger partial charge in [0, 0.05) is 13.6 Å². The van der Waals surface area contributed by atoms with E-state index in [1.807, 2.05) is 31.2 Å². The Morgan fingerprint density at radius 1 is 1.33 bits per heavy atom.